The number of aromatic nitrogens is 6. The monoisotopic (exact) mass is 505 g/mol. The lowest BCUT2D eigenvalue weighted by molar-refractivity contribution is -0.116. The summed E-state index contributed by atoms with van der Waals surface area (Å²) < 4.78 is 13.9. The molecular weight excluding hydrogens is 481 g/mol. The van der Waals surface area contributed by atoms with Gasteiger partial charge in [0, 0.05) is 40.7 Å². The highest BCUT2D eigenvalue weighted by molar-refractivity contribution is 6.01. The van der Waals surface area contributed by atoms with Crippen LogP contribution in [0.2, 0.25) is 0 Å². The minimum absolute atomic E-state index is 0.0506. The quantitative estimate of drug-likeness (QED) is 0.244. The first kappa shape index (κ1) is 23.5. The molecule has 0 saturated heterocycles. The van der Waals surface area contributed by atoms with Crippen molar-refractivity contribution in [1.82, 2.24) is 30.1 Å². The Morgan fingerprint density at radius 2 is 1.82 bits per heavy atom. The number of hydrogen-bond acceptors (Lipinski definition) is 5. The summed E-state index contributed by atoms with van der Waals surface area (Å²) in [6, 6.07) is 12.3. The molecule has 0 fully saturated rings. The number of halogens is 1. The number of nitrogens with one attached hydrogen (secondary N) is 3. The molecule has 6 aromatic rings. The Balaban J connectivity index is 1.38. The highest BCUT2D eigenvalue weighted by Crippen LogP contribution is 2.34. The summed E-state index contributed by atoms with van der Waals surface area (Å²) in [5, 5.41) is 12.3. The van der Waals surface area contributed by atoms with Gasteiger partial charge in [-0.3, -0.25) is 24.8 Å². The van der Waals surface area contributed by atoms with E-state index in [0.717, 1.165) is 49.9 Å². The molecule has 5 heterocycles. The van der Waals surface area contributed by atoms with Gasteiger partial charge in [0.25, 0.3) is 0 Å². The van der Waals surface area contributed by atoms with Crippen molar-refractivity contribution < 1.29 is 9.18 Å². The number of aromatic amines is 2. The average Bonchev–Trinajstić information content (AvgIpc) is 3.52. The minimum atomic E-state index is -0.299. The van der Waals surface area contributed by atoms with Crippen LogP contribution in [-0.4, -0.2) is 36.0 Å². The fraction of sp³-hybridized carbons (Fsp3) is 0.138. The van der Waals surface area contributed by atoms with Crippen LogP contribution < -0.4 is 5.32 Å². The first-order valence-electron chi connectivity index (χ1n) is 12.3. The van der Waals surface area contributed by atoms with Crippen molar-refractivity contribution in [2.45, 2.75) is 20.3 Å². The first-order chi connectivity index (χ1) is 18.4. The number of carbonyl (C=O) groups is 1. The second-order valence-electron chi connectivity index (χ2n) is 9.64. The standard InChI is InChI=1S/C29H24FN7O/c1-16(2)6-28(38)34-20-8-18(11-31-12-20)24-10-22-27(15-33-24)36-37-29(22)25-9-21-23(13-32-14-26(21)35-25)17-4-3-5-19(30)7-17/h3-5,7-16,35H,6H2,1-2H3,(H,34,38)(H,36,37). The molecule has 0 unspecified atom stereocenters. The Hall–Kier alpha value is -4.92. The predicted molar refractivity (Wildman–Crippen MR) is 146 cm³/mol. The number of benzene rings is 1. The van der Waals surface area contributed by atoms with Crippen LogP contribution >= 0.6 is 0 Å². The third-order valence-corrected chi connectivity index (χ3v) is 6.30. The summed E-state index contributed by atoms with van der Waals surface area (Å²) in [6.07, 6.45) is 8.99. The molecule has 0 aliphatic heterocycles. The van der Waals surface area contributed by atoms with E-state index in [-0.39, 0.29) is 17.6 Å². The van der Waals surface area contributed by atoms with Gasteiger partial charge < -0.3 is 10.3 Å². The van der Waals surface area contributed by atoms with Gasteiger partial charge in [-0.2, -0.15) is 5.10 Å². The molecule has 0 atom stereocenters. The van der Waals surface area contributed by atoms with Crippen molar-refractivity contribution in [3.63, 3.8) is 0 Å². The Morgan fingerprint density at radius 3 is 2.66 bits per heavy atom. The summed E-state index contributed by atoms with van der Waals surface area (Å²) in [5.41, 5.74) is 6.79. The lowest BCUT2D eigenvalue weighted by Gasteiger charge is -2.08. The number of anilines is 1. The molecule has 8 nitrogen and oxygen atoms in total. The highest BCUT2D eigenvalue weighted by atomic mass is 19.1. The van der Waals surface area contributed by atoms with Crippen molar-refractivity contribution in [3.05, 3.63) is 79.3 Å². The summed E-state index contributed by atoms with van der Waals surface area (Å²) in [5.74, 6) is -0.0860. The lowest BCUT2D eigenvalue weighted by atomic mass is 10.0. The van der Waals surface area contributed by atoms with Gasteiger partial charge in [-0.05, 0) is 41.8 Å². The third kappa shape index (κ3) is 4.50. The van der Waals surface area contributed by atoms with E-state index in [1.807, 2.05) is 38.1 Å². The number of amides is 1. The van der Waals surface area contributed by atoms with Gasteiger partial charge in [0.05, 0.1) is 46.7 Å². The fourth-order valence-corrected chi connectivity index (χ4v) is 4.58. The van der Waals surface area contributed by atoms with Gasteiger partial charge in [-0.1, -0.05) is 26.0 Å². The molecule has 0 saturated carbocycles. The second kappa shape index (κ2) is 9.51. The molecular formula is C29H24FN7O. The number of carbonyl (C=O) groups excluding carboxylic acids is 1. The maximum atomic E-state index is 13.9. The summed E-state index contributed by atoms with van der Waals surface area (Å²) >= 11 is 0. The van der Waals surface area contributed by atoms with Crippen LogP contribution in [0.4, 0.5) is 10.1 Å². The Kier molecular flexibility index (Phi) is 5.88. The normalized spacial score (nSPS) is 11.5. The maximum Gasteiger partial charge on any atom is 0.224 e. The molecule has 0 aliphatic rings. The van der Waals surface area contributed by atoms with Crippen molar-refractivity contribution in [2.75, 3.05) is 5.32 Å². The Bertz CT molecular complexity index is 1800. The molecule has 38 heavy (non-hydrogen) atoms. The van der Waals surface area contributed by atoms with E-state index in [9.17, 15) is 9.18 Å². The highest BCUT2D eigenvalue weighted by Gasteiger charge is 2.16. The predicted octanol–water partition coefficient (Wildman–Crippen LogP) is 6.35. The number of hydrogen-bond donors (Lipinski definition) is 3. The van der Waals surface area contributed by atoms with E-state index < -0.39 is 0 Å². The van der Waals surface area contributed by atoms with Crippen LogP contribution in [0.5, 0.6) is 0 Å². The molecule has 188 valence electrons. The summed E-state index contributed by atoms with van der Waals surface area (Å²) in [6.45, 7) is 4.00. The number of H-pyrrole nitrogens is 2. The van der Waals surface area contributed by atoms with Gasteiger partial charge >= 0.3 is 0 Å². The van der Waals surface area contributed by atoms with Crippen LogP contribution in [0, 0.1) is 11.7 Å². The molecule has 6 rings (SSSR count). The third-order valence-electron chi connectivity index (χ3n) is 6.30. The van der Waals surface area contributed by atoms with E-state index in [1.165, 1.54) is 12.1 Å². The van der Waals surface area contributed by atoms with E-state index in [2.05, 4.69) is 35.5 Å². The maximum absolute atomic E-state index is 13.9. The lowest BCUT2D eigenvalue weighted by Crippen LogP contribution is -2.13. The molecule has 0 bridgehead atoms. The molecule has 1 aromatic carbocycles. The number of pyridine rings is 3. The number of rotatable bonds is 6. The van der Waals surface area contributed by atoms with Crippen molar-refractivity contribution in [2.24, 2.45) is 5.92 Å². The molecule has 9 heteroatoms. The zero-order valence-electron chi connectivity index (χ0n) is 20.8. The van der Waals surface area contributed by atoms with Gasteiger partial charge in [-0.25, -0.2) is 4.39 Å². The zero-order chi connectivity index (χ0) is 26.2. The summed E-state index contributed by atoms with van der Waals surface area (Å²) in [7, 11) is 0. The van der Waals surface area contributed by atoms with Crippen molar-refractivity contribution in [3.8, 4) is 33.8 Å². The Labute approximate surface area is 217 Å². The van der Waals surface area contributed by atoms with Crippen LogP contribution in [0.3, 0.4) is 0 Å². The number of fused-ring (bicyclic) bond motifs is 2. The van der Waals surface area contributed by atoms with Gasteiger partial charge in [0.1, 0.15) is 11.5 Å². The van der Waals surface area contributed by atoms with Gasteiger partial charge in [-0.15, -0.1) is 0 Å². The summed E-state index contributed by atoms with van der Waals surface area (Å²) in [4.78, 5) is 28.8. The van der Waals surface area contributed by atoms with E-state index in [1.54, 1.807) is 37.1 Å². The second-order valence-corrected chi connectivity index (χ2v) is 9.64. The van der Waals surface area contributed by atoms with E-state index in [4.69, 9.17) is 0 Å². The van der Waals surface area contributed by atoms with Crippen LogP contribution in [0.15, 0.2) is 73.4 Å². The molecule has 0 spiro atoms. The molecule has 5 aromatic heterocycles. The van der Waals surface area contributed by atoms with Crippen molar-refractivity contribution in [1.29, 1.82) is 0 Å². The van der Waals surface area contributed by atoms with E-state index >= 15 is 0 Å². The van der Waals surface area contributed by atoms with E-state index in [0.29, 0.717) is 17.8 Å². The number of nitrogens with zero attached hydrogens (tertiary/aromatic N) is 4. The van der Waals surface area contributed by atoms with Gasteiger partial charge in [0.15, 0.2) is 0 Å². The molecule has 0 radical (unpaired) electrons. The minimum Gasteiger partial charge on any atom is -0.352 e. The van der Waals surface area contributed by atoms with Gasteiger partial charge in [0.2, 0.25) is 5.91 Å². The van der Waals surface area contributed by atoms with Crippen LogP contribution in [-0.2, 0) is 4.79 Å². The first-order valence-corrected chi connectivity index (χ1v) is 12.3. The Morgan fingerprint density at radius 1 is 0.947 bits per heavy atom. The smallest absolute Gasteiger partial charge is 0.224 e. The molecule has 0 aliphatic carbocycles. The fourth-order valence-electron chi connectivity index (χ4n) is 4.58. The molecule has 1 amide bonds. The topological polar surface area (TPSA) is 112 Å². The van der Waals surface area contributed by atoms with Crippen molar-refractivity contribution >= 4 is 33.4 Å². The largest absolute Gasteiger partial charge is 0.352 e. The SMILES string of the molecule is CC(C)CC(=O)Nc1cncc(-c2cc3c(-c4cc5c(-c6cccc(F)c6)cncc5[nH]4)n[nH]c3cn2)c1. The van der Waals surface area contributed by atoms with Crippen LogP contribution in [0.25, 0.3) is 55.6 Å². The molecule has 3 N–H and O–H groups in total. The van der Waals surface area contributed by atoms with Crippen LogP contribution in [0.1, 0.15) is 20.3 Å². The average molecular weight is 506 g/mol. The zero-order valence-corrected chi connectivity index (χ0v) is 20.8.